The van der Waals surface area contributed by atoms with Crippen LogP contribution in [0.1, 0.15) is 41.0 Å². The molecule has 2 atom stereocenters. The number of carbonyl (C=O) groups is 2. The van der Waals surface area contributed by atoms with Crippen molar-refractivity contribution in [3.05, 3.63) is 82.9 Å². The molecule has 0 saturated carbocycles. The van der Waals surface area contributed by atoms with Crippen LogP contribution in [0.3, 0.4) is 0 Å². The first-order chi connectivity index (χ1) is 22.4. The van der Waals surface area contributed by atoms with Gasteiger partial charge in [0.15, 0.2) is 0 Å². The number of methoxy groups -OCH3 is 1. The van der Waals surface area contributed by atoms with Gasteiger partial charge in [0.05, 0.1) is 31.4 Å². The summed E-state index contributed by atoms with van der Waals surface area (Å²) >= 11 is 0. The number of rotatable bonds is 8. The van der Waals surface area contributed by atoms with Crippen molar-refractivity contribution in [3.8, 4) is 17.0 Å². The Kier molecular flexibility index (Phi) is 11.0. The summed E-state index contributed by atoms with van der Waals surface area (Å²) < 4.78 is 66.6. The number of nitrogens with one attached hydrogen (secondary N) is 1. The Balaban J connectivity index is 0.00000245. The van der Waals surface area contributed by atoms with Gasteiger partial charge in [0.2, 0.25) is 0 Å². The van der Waals surface area contributed by atoms with Crippen molar-refractivity contribution >= 4 is 28.5 Å². The highest BCUT2D eigenvalue weighted by molar-refractivity contribution is 5.99. The van der Waals surface area contributed by atoms with Gasteiger partial charge >= 0.3 is 12.1 Å². The maximum atomic E-state index is 15.4. The molecule has 0 aliphatic carbocycles. The molecule has 47 heavy (non-hydrogen) atoms. The third-order valence-corrected chi connectivity index (χ3v) is 7.70. The van der Waals surface area contributed by atoms with Crippen LogP contribution >= 0.6 is 0 Å². The summed E-state index contributed by atoms with van der Waals surface area (Å²) in [6.45, 7) is 6.52. The number of hydrogen-bond acceptors (Lipinski definition) is 7. The molecule has 4 aromatic rings. The van der Waals surface area contributed by atoms with Gasteiger partial charge in [-0.25, -0.2) is 14.2 Å². The van der Waals surface area contributed by atoms with Gasteiger partial charge in [0.1, 0.15) is 29.3 Å². The van der Waals surface area contributed by atoms with E-state index in [-0.39, 0.29) is 30.8 Å². The van der Waals surface area contributed by atoms with Crippen LogP contribution in [-0.2, 0) is 16.0 Å². The molecule has 1 aliphatic rings. The average molecular weight is 657 g/mol. The number of carboxylic acid groups (broad SMARTS) is 1. The molecule has 0 unspecified atom stereocenters. The number of carboxylic acids is 1. The zero-order valence-corrected chi connectivity index (χ0v) is 26.6. The minimum atomic E-state index is -4.62. The number of hydrogen-bond donors (Lipinski definition) is 2. The molecule has 0 bridgehead atoms. The van der Waals surface area contributed by atoms with Crippen LogP contribution in [0.4, 0.5) is 23.2 Å². The topological polar surface area (TPSA) is 114 Å². The van der Waals surface area contributed by atoms with Gasteiger partial charge < -0.3 is 24.8 Å². The molecule has 9 nitrogen and oxygen atoms in total. The lowest BCUT2D eigenvalue weighted by Gasteiger charge is -2.38. The van der Waals surface area contributed by atoms with Crippen molar-refractivity contribution in [2.24, 2.45) is 0 Å². The number of halogens is 4. The molecule has 3 heterocycles. The fourth-order valence-electron chi connectivity index (χ4n) is 5.52. The molecule has 0 spiro atoms. The molecule has 1 saturated heterocycles. The van der Waals surface area contributed by atoms with Gasteiger partial charge in [-0.3, -0.25) is 9.78 Å². The third-order valence-electron chi connectivity index (χ3n) is 7.70. The second-order valence-corrected chi connectivity index (χ2v) is 10.7. The molecule has 0 radical (unpaired) electrons. The smallest absolute Gasteiger partial charge is 0.411 e. The average Bonchev–Trinajstić information content (AvgIpc) is 3.04. The van der Waals surface area contributed by atoms with Crippen LogP contribution in [0.15, 0.2) is 54.7 Å². The number of ether oxygens (including phenoxy) is 2. The monoisotopic (exact) mass is 656 g/mol. The Morgan fingerprint density at radius 3 is 2.55 bits per heavy atom. The molecule has 1 aliphatic heterocycles. The Labute approximate surface area is 269 Å². The highest BCUT2D eigenvalue weighted by Gasteiger charge is 2.45. The van der Waals surface area contributed by atoms with Crippen LogP contribution < -0.4 is 15.0 Å². The lowest BCUT2D eigenvalue weighted by atomic mass is 9.96. The molecule has 1 fully saturated rings. The van der Waals surface area contributed by atoms with Gasteiger partial charge in [-0.1, -0.05) is 32.0 Å². The van der Waals surface area contributed by atoms with Crippen LogP contribution in [-0.4, -0.2) is 72.1 Å². The third kappa shape index (κ3) is 7.62. The number of aromatic nitrogens is 2. The number of aryl methyl sites for hydroxylation is 2. The SMILES string of the molecule is CC.COc1ccc(C)nc1-c1ccc(C[C@H](NC(=O)c2c(C)cc(N3CCOC[C@H]3C(F)(F)F)cc2F)C(=O)O)c2cccnc12. The van der Waals surface area contributed by atoms with Crippen LogP contribution in [0.2, 0.25) is 0 Å². The van der Waals surface area contributed by atoms with E-state index in [1.807, 2.05) is 26.8 Å². The quantitative estimate of drug-likeness (QED) is 0.213. The number of alkyl halides is 3. The number of aliphatic carboxylic acids is 1. The number of anilines is 1. The van der Waals surface area contributed by atoms with Gasteiger partial charge in [0, 0.05) is 41.5 Å². The lowest BCUT2D eigenvalue weighted by molar-refractivity contribution is -0.167. The summed E-state index contributed by atoms with van der Waals surface area (Å²) in [4.78, 5) is 35.7. The van der Waals surface area contributed by atoms with Crippen LogP contribution in [0.25, 0.3) is 22.2 Å². The Morgan fingerprint density at radius 2 is 1.89 bits per heavy atom. The van der Waals surface area contributed by atoms with E-state index in [4.69, 9.17) is 9.47 Å². The highest BCUT2D eigenvalue weighted by Crippen LogP contribution is 2.35. The first-order valence-corrected chi connectivity index (χ1v) is 15.0. The molecule has 5 rings (SSSR count). The Hall–Kier alpha value is -4.78. The number of pyridine rings is 2. The predicted octanol–water partition coefficient (Wildman–Crippen LogP) is 6.28. The number of benzene rings is 2. The minimum absolute atomic E-state index is 0.0238. The van der Waals surface area contributed by atoms with E-state index in [9.17, 15) is 27.9 Å². The summed E-state index contributed by atoms with van der Waals surface area (Å²) in [6, 6.07) is 9.23. The van der Waals surface area contributed by atoms with E-state index in [0.717, 1.165) is 16.7 Å². The molecular formula is C34H36F4N4O5. The zero-order valence-electron chi connectivity index (χ0n) is 26.6. The number of morpholine rings is 1. The molecule has 2 N–H and O–H groups in total. The van der Waals surface area contributed by atoms with E-state index in [2.05, 4.69) is 15.3 Å². The van der Waals surface area contributed by atoms with E-state index in [1.54, 1.807) is 36.5 Å². The molecule has 1 amide bonds. The molecule has 2 aromatic heterocycles. The standard InChI is InChI=1S/C32H30F4N4O5.C2H6/c1-17-13-20(40-11-12-45-16-26(40)32(34,35)36)15-23(33)27(17)30(41)39-24(31(42)43)14-19-7-8-22(28-21(19)5-4-10-37-28)29-25(44-3)9-6-18(2)38-29;1-2/h4-10,13,15,24,26H,11-12,14,16H2,1-3H3,(H,39,41)(H,42,43);1-2H3/t24-,26-;/m0./s1. The van der Waals surface area contributed by atoms with Gasteiger partial charge in [-0.05, 0) is 55.3 Å². The maximum absolute atomic E-state index is 15.4. The van der Waals surface area contributed by atoms with Gasteiger partial charge in [-0.15, -0.1) is 0 Å². The second kappa shape index (κ2) is 14.8. The number of carbonyl (C=O) groups excluding carboxylic acids is 1. The van der Waals surface area contributed by atoms with Crippen molar-refractivity contribution in [2.45, 2.75) is 52.4 Å². The van der Waals surface area contributed by atoms with Crippen molar-refractivity contribution < 1.29 is 41.7 Å². The van der Waals surface area contributed by atoms with Gasteiger partial charge in [0.25, 0.3) is 5.91 Å². The highest BCUT2D eigenvalue weighted by atomic mass is 19.4. The molecular weight excluding hydrogens is 620 g/mol. The fraction of sp³-hybridized carbons (Fsp3) is 0.353. The van der Waals surface area contributed by atoms with E-state index in [1.165, 1.54) is 20.1 Å². The van der Waals surface area contributed by atoms with Crippen LogP contribution in [0, 0.1) is 19.7 Å². The Bertz CT molecular complexity index is 1740. The fourth-order valence-corrected chi connectivity index (χ4v) is 5.52. The summed E-state index contributed by atoms with van der Waals surface area (Å²) in [7, 11) is 1.53. The Morgan fingerprint density at radius 1 is 1.15 bits per heavy atom. The van der Waals surface area contributed by atoms with E-state index >= 15 is 4.39 Å². The lowest BCUT2D eigenvalue weighted by Crippen LogP contribution is -2.53. The van der Waals surface area contributed by atoms with E-state index < -0.39 is 48.1 Å². The number of fused-ring (bicyclic) bond motifs is 1. The summed E-state index contributed by atoms with van der Waals surface area (Å²) in [5.41, 5.74) is 2.62. The van der Waals surface area contributed by atoms with Crippen LogP contribution in [0.5, 0.6) is 5.75 Å². The number of amides is 1. The minimum Gasteiger partial charge on any atom is -0.494 e. The maximum Gasteiger partial charge on any atom is 0.411 e. The summed E-state index contributed by atoms with van der Waals surface area (Å²) in [5, 5.41) is 13.0. The van der Waals surface area contributed by atoms with Crippen molar-refractivity contribution in [1.82, 2.24) is 15.3 Å². The van der Waals surface area contributed by atoms with Crippen molar-refractivity contribution in [1.29, 1.82) is 0 Å². The number of nitrogens with zero attached hydrogens (tertiary/aromatic N) is 3. The summed E-state index contributed by atoms with van der Waals surface area (Å²) in [6.07, 6.45) is -3.19. The van der Waals surface area contributed by atoms with E-state index in [0.29, 0.717) is 33.5 Å². The van der Waals surface area contributed by atoms with Crippen molar-refractivity contribution in [3.63, 3.8) is 0 Å². The second-order valence-electron chi connectivity index (χ2n) is 10.7. The zero-order chi connectivity index (χ0) is 34.5. The predicted molar refractivity (Wildman–Crippen MR) is 169 cm³/mol. The van der Waals surface area contributed by atoms with Gasteiger partial charge in [-0.2, -0.15) is 13.2 Å². The summed E-state index contributed by atoms with van der Waals surface area (Å²) in [5.74, 6) is -2.91. The largest absolute Gasteiger partial charge is 0.494 e. The first kappa shape index (κ1) is 35.1. The molecule has 13 heteroatoms. The molecule has 2 aromatic carbocycles. The van der Waals surface area contributed by atoms with Crippen molar-refractivity contribution in [2.75, 3.05) is 31.8 Å². The molecule has 250 valence electrons. The normalized spacial score (nSPS) is 15.4. The first-order valence-electron chi connectivity index (χ1n) is 15.0.